The second kappa shape index (κ2) is 7.71. The molecule has 4 heterocycles. The molecule has 0 radical (unpaired) electrons. The summed E-state index contributed by atoms with van der Waals surface area (Å²) < 4.78 is 0. The molecule has 0 amide bonds. The second-order valence-electron chi connectivity index (χ2n) is 9.58. The normalized spacial score (nSPS) is 22.2. The Morgan fingerprint density at radius 1 is 1.16 bits per heavy atom. The predicted octanol–water partition coefficient (Wildman–Crippen LogP) is 2.80. The summed E-state index contributed by atoms with van der Waals surface area (Å²) in [5.74, 6) is 1.73. The van der Waals surface area contributed by atoms with Crippen molar-refractivity contribution in [3.05, 3.63) is 46.7 Å². The van der Waals surface area contributed by atoms with Gasteiger partial charge in [-0.2, -0.15) is 5.10 Å². The number of aryl methyl sites for hydroxylation is 1. The zero-order valence-electron chi connectivity index (χ0n) is 18.2. The molecule has 32 heavy (non-hydrogen) atoms. The molecule has 1 aromatic heterocycles. The third-order valence-electron chi connectivity index (χ3n) is 6.70. The molecule has 166 valence electrons. The number of benzene rings is 1. The molecule has 1 N–H and O–H groups in total. The summed E-state index contributed by atoms with van der Waals surface area (Å²) in [6, 6.07) is 8.51. The van der Waals surface area contributed by atoms with Crippen molar-refractivity contribution in [2.45, 2.75) is 32.4 Å². The highest BCUT2D eigenvalue weighted by atomic mass is 35.5. The Hall–Kier alpha value is -2.71. The van der Waals surface area contributed by atoms with E-state index in [9.17, 15) is 0 Å². The van der Waals surface area contributed by atoms with Crippen LogP contribution >= 0.6 is 11.6 Å². The monoisotopic (exact) mass is 450 g/mol. The number of hydrazone groups is 1. The first kappa shape index (κ1) is 19.9. The second-order valence-corrected chi connectivity index (χ2v) is 10.0. The van der Waals surface area contributed by atoms with E-state index >= 15 is 0 Å². The lowest BCUT2D eigenvalue weighted by atomic mass is 9.73. The van der Waals surface area contributed by atoms with Crippen LogP contribution in [0, 0.1) is 12.3 Å². The van der Waals surface area contributed by atoms with Crippen LogP contribution in [0.4, 0.5) is 11.6 Å². The van der Waals surface area contributed by atoms with Gasteiger partial charge >= 0.3 is 0 Å². The Morgan fingerprint density at radius 2 is 2.00 bits per heavy atom. The molecule has 8 nitrogen and oxygen atoms in total. The molecular weight excluding hydrogens is 424 g/mol. The van der Waals surface area contributed by atoms with Crippen molar-refractivity contribution < 1.29 is 0 Å². The van der Waals surface area contributed by atoms with E-state index in [0.29, 0.717) is 11.5 Å². The van der Waals surface area contributed by atoms with Gasteiger partial charge in [-0.15, -0.1) is 0 Å². The van der Waals surface area contributed by atoms with Gasteiger partial charge in [-0.1, -0.05) is 11.6 Å². The third-order valence-corrected chi connectivity index (χ3v) is 6.93. The molecule has 1 saturated carbocycles. The standard InChI is InChI=1S/C23H27ClN8/c1-16-6-7-25-22(27-16)32-13-23(14-32)11-30(12-23)15-26-29-21-10-31(19-3-4-19)9-17-8-18(24)2-5-20(17)28-21/h2,5-8,15,19H,3-4,9-14H2,1H3,(H,28,29)/b26-15+. The lowest BCUT2D eigenvalue weighted by Crippen LogP contribution is -2.72. The van der Waals surface area contributed by atoms with E-state index in [4.69, 9.17) is 16.6 Å². The fourth-order valence-corrected chi connectivity index (χ4v) is 5.17. The largest absolute Gasteiger partial charge is 0.360 e. The quantitative estimate of drug-likeness (QED) is 0.438. The Kier molecular flexibility index (Phi) is 4.80. The molecule has 3 aliphatic heterocycles. The zero-order valence-corrected chi connectivity index (χ0v) is 19.0. The van der Waals surface area contributed by atoms with Gasteiger partial charge in [0.1, 0.15) is 12.2 Å². The van der Waals surface area contributed by atoms with Gasteiger partial charge < -0.3 is 9.80 Å². The number of nitrogens with zero attached hydrogens (tertiary/aromatic N) is 7. The lowest BCUT2D eigenvalue weighted by Gasteiger charge is -2.59. The number of likely N-dealkylation sites (tertiary alicyclic amines) is 1. The van der Waals surface area contributed by atoms with Gasteiger partial charge in [0.15, 0.2) is 0 Å². The van der Waals surface area contributed by atoms with Gasteiger partial charge in [-0.05, 0) is 49.6 Å². The Morgan fingerprint density at radius 3 is 2.78 bits per heavy atom. The van der Waals surface area contributed by atoms with E-state index in [-0.39, 0.29) is 0 Å². The average molecular weight is 451 g/mol. The SMILES string of the molecule is Cc1ccnc(N2CC3(CN(/C=N/NC4=Nc5ccc(Cl)cc5CN(C5CC5)C4)C3)C2)n1. The number of nitrogens with one attached hydrogen (secondary N) is 1. The van der Waals surface area contributed by atoms with E-state index in [2.05, 4.69) is 35.2 Å². The molecule has 0 bridgehead atoms. The summed E-state index contributed by atoms with van der Waals surface area (Å²) in [7, 11) is 0. The molecule has 9 heteroatoms. The molecule has 3 fully saturated rings. The molecule has 0 atom stereocenters. The first-order chi connectivity index (χ1) is 15.6. The molecule has 2 saturated heterocycles. The highest BCUT2D eigenvalue weighted by Crippen LogP contribution is 2.40. The van der Waals surface area contributed by atoms with Crippen molar-refractivity contribution in [1.29, 1.82) is 0 Å². The van der Waals surface area contributed by atoms with E-state index in [1.165, 1.54) is 18.4 Å². The minimum Gasteiger partial charge on any atom is -0.360 e. The van der Waals surface area contributed by atoms with E-state index in [1.54, 1.807) is 0 Å². The van der Waals surface area contributed by atoms with Gasteiger partial charge in [0.25, 0.3) is 0 Å². The average Bonchev–Trinajstić information content (AvgIpc) is 3.54. The lowest BCUT2D eigenvalue weighted by molar-refractivity contribution is 0.0318. The van der Waals surface area contributed by atoms with Crippen molar-refractivity contribution in [1.82, 2.24) is 25.2 Å². The smallest absolute Gasteiger partial charge is 0.225 e. The number of aliphatic imine (C=N–C) groups is 1. The van der Waals surface area contributed by atoms with Gasteiger partial charge in [-0.3, -0.25) is 10.3 Å². The van der Waals surface area contributed by atoms with E-state index in [0.717, 1.165) is 67.5 Å². The van der Waals surface area contributed by atoms with Crippen LogP contribution in [0.3, 0.4) is 0 Å². The highest BCUT2D eigenvalue weighted by molar-refractivity contribution is 6.30. The third kappa shape index (κ3) is 3.93. The van der Waals surface area contributed by atoms with Crippen LogP contribution in [0.15, 0.2) is 40.6 Å². The van der Waals surface area contributed by atoms with Gasteiger partial charge in [0.05, 0.1) is 12.2 Å². The summed E-state index contributed by atoms with van der Waals surface area (Å²) in [4.78, 5) is 20.8. The van der Waals surface area contributed by atoms with Crippen LogP contribution in [-0.4, -0.2) is 70.7 Å². The van der Waals surface area contributed by atoms with Crippen molar-refractivity contribution >= 4 is 35.4 Å². The molecule has 1 aliphatic carbocycles. The predicted molar refractivity (Wildman–Crippen MR) is 127 cm³/mol. The summed E-state index contributed by atoms with van der Waals surface area (Å²) in [5.41, 5.74) is 6.72. The fourth-order valence-electron chi connectivity index (χ4n) is 4.97. The molecule has 4 aliphatic rings. The maximum atomic E-state index is 6.22. The van der Waals surface area contributed by atoms with Crippen LogP contribution < -0.4 is 10.3 Å². The van der Waals surface area contributed by atoms with Crippen LogP contribution in [0.5, 0.6) is 0 Å². The van der Waals surface area contributed by atoms with Gasteiger partial charge in [0.2, 0.25) is 5.95 Å². The Labute approximate surface area is 193 Å². The first-order valence-electron chi connectivity index (χ1n) is 11.2. The molecule has 1 spiro atoms. The summed E-state index contributed by atoms with van der Waals surface area (Å²) in [6.07, 6.45) is 6.26. The maximum absolute atomic E-state index is 6.22. The molecule has 6 rings (SSSR count). The van der Waals surface area contributed by atoms with Crippen LogP contribution in [0.1, 0.15) is 24.1 Å². The summed E-state index contributed by atoms with van der Waals surface area (Å²) in [5, 5.41) is 5.27. The number of halogens is 1. The minimum absolute atomic E-state index is 0.347. The fraction of sp³-hybridized carbons (Fsp3) is 0.478. The Balaban J connectivity index is 1.05. The van der Waals surface area contributed by atoms with E-state index < -0.39 is 0 Å². The summed E-state index contributed by atoms with van der Waals surface area (Å²) >= 11 is 6.22. The van der Waals surface area contributed by atoms with Crippen LogP contribution in [-0.2, 0) is 6.54 Å². The summed E-state index contributed by atoms with van der Waals surface area (Å²) in [6.45, 7) is 7.72. The van der Waals surface area contributed by atoms with Gasteiger partial charge in [-0.25, -0.2) is 15.0 Å². The van der Waals surface area contributed by atoms with E-state index in [1.807, 2.05) is 43.7 Å². The number of hydrogen-bond donors (Lipinski definition) is 1. The number of hydrogen-bond acceptors (Lipinski definition) is 7. The number of anilines is 1. The molecular formula is C23H27ClN8. The number of aromatic nitrogens is 2. The minimum atomic E-state index is 0.347. The zero-order chi connectivity index (χ0) is 21.7. The topological polar surface area (TPSA) is 72.2 Å². The van der Waals surface area contributed by atoms with Crippen molar-refractivity contribution in [3.8, 4) is 0 Å². The highest BCUT2D eigenvalue weighted by Gasteiger charge is 2.52. The number of fused-ring (bicyclic) bond motifs is 1. The molecule has 2 aromatic rings. The van der Waals surface area contributed by atoms with Crippen LogP contribution in [0.2, 0.25) is 5.02 Å². The maximum Gasteiger partial charge on any atom is 0.225 e. The first-order valence-corrected chi connectivity index (χ1v) is 11.6. The van der Waals surface area contributed by atoms with Crippen LogP contribution in [0.25, 0.3) is 0 Å². The van der Waals surface area contributed by atoms with Crippen molar-refractivity contribution in [3.63, 3.8) is 0 Å². The van der Waals surface area contributed by atoms with Gasteiger partial charge in [0, 0.05) is 61.1 Å². The Bertz CT molecular complexity index is 1080. The van der Waals surface area contributed by atoms with Crippen molar-refractivity contribution in [2.24, 2.45) is 15.5 Å². The molecule has 0 unspecified atom stereocenters. The number of amidine groups is 1. The van der Waals surface area contributed by atoms with Crippen molar-refractivity contribution in [2.75, 3.05) is 37.6 Å². The number of rotatable bonds is 4. The molecule has 1 aromatic carbocycles.